The number of alkyl halides is 3. The highest BCUT2D eigenvalue weighted by Gasteiger charge is 2.22. The van der Waals surface area contributed by atoms with Crippen LogP contribution in [0.2, 0.25) is 0 Å². The van der Waals surface area contributed by atoms with Gasteiger partial charge < -0.3 is 11.5 Å². The summed E-state index contributed by atoms with van der Waals surface area (Å²) < 4.78 is -1.44. The Labute approximate surface area is 85.4 Å². The fourth-order valence-electron chi connectivity index (χ4n) is 0.751. The maximum atomic E-state index is 5.62. The molecule has 0 saturated carbocycles. The van der Waals surface area contributed by atoms with E-state index >= 15 is 0 Å². The van der Waals surface area contributed by atoms with E-state index in [4.69, 9.17) is 46.3 Å². The van der Waals surface area contributed by atoms with Gasteiger partial charge in [0.15, 0.2) is 0 Å². The third kappa shape index (κ3) is 2.09. The van der Waals surface area contributed by atoms with Gasteiger partial charge in [-0.05, 0) is 12.1 Å². The molecule has 0 fully saturated rings. The lowest BCUT2D eigenvalue weighted by molar-refractivity contribution is 1.25. The van der Waals surface area contributed by atoms with Gasteiger partial charge in [0.25, 0.3) is 0 Å². The normalized spacial score (nSPS) is 11.6. The highest BCUT2D eigenvalue weighted by molar-refractivity contribution is 6.66. The zero-order valence-corrected chi connectivity index (χ0v) is 8.29. The molecule has 0 aliphatic carbocycles. The van der Waals surface area contributed by atoms with Gasteiger partial charge in [-0.15, -0.1) is 0 Å². The highest BCUT2D eigenvalue weighted by atomic mass is 35.6. The number of nitrogens with two attached hydrogens (primary N) is 2. The van der Waals surface area contributed by atoms with Crippen LogP contribution in [0, 0.1) is 0 Å². The van der Waals surface area contributed by atoms with Crippen molar-refractivity contribution in [3.63, 3.8) is 0 Å². The molecule has 0 aromatic heterocycles. The van der Waals surface area contributed by atoms with Gasteiger partial charge in [0.1, 0.15) is 0 Å². The number of hydrogen-bond acceptors (Lipinski definition) is 2. The first-order valence-electron chi connectivity index (χ1n) is 3.13. The standard InChI is InChI=1S/C7H7Cl3N2/c8-7(9,10)4-1-2-5(11)6(12)3-4/h1-3H,11-12H2. The minimum Gasteiger partial charge on any atom is -0.397 e. The fraction of sp³-hybridized carbons (Fsp3) is 0.143. The van der Waals surface area contributed by atoms with E-state index in [0.29, 0.717) is 16.9 Å². The molecule has 0 radical (unpaired) electrons. The molecule has 0 spiro atoms. The van der Waals surface area contributed by atoms with Crippen LogP contribution in [0.5, 0.6) is 0 Å². The molecule has 2 nitrogen and oxygen atoms in total. The van der Waals surface area contributed by atoms with Gasteiger partial charge >= 0.3 is 0 Å². The molecule has 0 atom stereocenters. The molecule has 1 rings (SSSR count). The first-order chi connectivity index (χ1) is 5.41. The van der Waals surface area contributed by atoms with Crippen LogP contribution in [-0.2, 0) is 3.79 Å². The van der Waals surface area contributed by atoms with E-state index in [1.54, 1.807) is 18.2 Å². The van der Waals surface area contributed by atoms with Gasteiger partial charge in [-0.25, -0.2) is 0 Å². The van der Waals surface area contributed by atoms with Crippen molar-refractivity contribution in [2.24, 2.45) is 0 Å². The zero-order valence-electron chi connectivity index (χ0n) is 6.02. The summed E-state index contributed by atoms with van der Waals surface area (Å²) in [5, 5.41) is 0. The Morgan fingerprint density at radius 3 is 2.00 bits per heavy atom. The van der Waals surface area contributed by atoms with Gasteiger partial charge in [0.05, 0.1) is 11.4 Å². The lowest BCUT2D eigenvalue weighted by Crippen LogP contribution is -2.02. The molecule has 66 valence electrons. The van der Waals surface area contributed by atoms with Crippen molar-refractivity contribution in [1.82, 2.24) is 0 Å². The lowest BCUT2D eigenvalue weighted by atomic mass is 10.2. The van der Waals surface area contributed by atoms with Crippen molar-refractivity contribution in [2.45, 2.75) is 3.79 Å². The Balaban J connectivity index is 3.14. The number of hydrogen-bond donors (Lipinski definition) is 2. The van der Waals surface area contributed by atoms with Gasteiger partial charge in [0.2, 0.25) is 3.79 Å². The van der Waals surface area contributed by atoms with E-state index in [1.807, 2.05) is 0 Å². The average molecular weight is 226 g/mol. The van der Waals surface area contributed by atoms with Crippen LogP contribution in [0.25, 0.3) is 0 Å². The van der Waals surface area contributed by atoms with Crippen LogP contribution in [0.15, 0.2) is 18.2 Å². The molecule has 12 heavy (non-hydrogen) atoms. The second-order valence-electron chi connectivity index (χ2n) is 2.34. The van der Waals surface area contributed by atoms with E-state index in [1.165, 1.54) is 0 Å². The smallest absolute Gasteiger partial charge is 0.216 e. The fourth-order valence-corrected chi connectivity index (χ4v) is 1.10. The molecule has 0 heterocycles. The molecule has 0 bridgehead atoms. The lowest BCUT2D eigenvalue weighted by Gasteiger charge is -2.12. The predicted octanol–water partition coefficient (Wildman–Crippen LogP) is 2.68. The number of benzene rings is 1. The van der Waals surface area contributed by atoms with Crippen LogP contribution in [0.4, 0.5) is 11.4 Å². The molecular weight excluding hydrogens is 218 g/mol. The Bertz CT molecular complexity index is 293. The first-order valence-corrected chi connectivity index (χ1v) is 4.27. The van der Waals surface area contributed by atoms with E-state index < -0.39 is 3.79 Å². The number of anilines is 2. The van der Waals surface area contributed by atoms with Crippen molar-refractivity contribution in [1.29, 1.82) is 0 Å². The minimum atomic E-state index is -1.44. The van der Waals surface area contributed by atoms with Crippen LogP contribution < -0.4 is 11.5 Å². The first kappa shape index (κ1) is 9.78. The van der Waals surface area contributed by atoms with Crippen LogP contribution in [0.3, 0.4) is 0 Å². The molecule has 0 aliphatic rings. The summed E-state index contributed by atoms with van der Waals surface area (Å²) in [6, 6.07) is 4.77. The molecule has 1 aromatic carbocycles. The quantitative estimate of drug-likeness (QED) is 0.527. The maximum absolute atomic E-state index is 5.62. The summed E-state index contributed by atoms with van der Waals surface area (Å²) in [6.07, 6.45) is 0. The Morgan fingerprint density at radius 1 is 1.00 bits per heavy atom. The Kier molecular flexibility index (Phi) is 2.61. The van der Waals surface area contributed by atoms with Crippen molar-refractivity contribution in [3.8, 4) is 0 Å². The largest absolute Gasteiger partial charge is 0.397 e. The number of rotatable bonds is 0. The van der Waals surface area contributed by atoms with Gasteiger partial charge in [-0.3, -0.25) is 0 Å². The van der Waals surface area contributed by atoms with Crippen LogP contribution >= 0.6 is 34.8 Å². The summed E-state index contributed by atoms with van der Waals surface area (Å²) in [5.41, 5.74) is 12.4. The third-order valence-corrected chi connectivity index (χ3v) is 2.07. The van der Waals surface area contributed by atoms with E-state index in [0.717, 1.165) is 0 Å². The summed E-state index contributed by atoms with van der Waals surface area (Å²) >= 11 is 16.9. The zero-order chi connectivity index (χ0) is 9.35. The molecule has 5 heteroatoms. The summed E-state index contributed by atoms with van der Waals surface area (Å²) in [6.45, 7) is 0. The van der Waals surface area contributed by atoms with Gasteiger partial charge in [0, 0.05) is 5.56 Å². The van der Waals surface area contributed by atoms with E-state index in [-0.39, 0.29) is 0 Å². The maximum Gasteiger partial charge on any atom is 0.216 e. The predicted molar refractivity (Wildman–Crippen MR) is 54.5 cm³/mol. The average Bonchev–Trinajstić information content (AvgIpc) is 1.92. The summed E-state index contributed by atoms with van der Waals surface area (Å²) in [5.74, 6) is 0. The summed E-state index contributed by atoms with van der Waals surface area (Å²) in [7, 11) is 0. The van der Waals surface area contributed by atoms with Gasteiger partial charge in [-0.1, -0.05) is 40.9 Å². The van der Waals surface area contributed by atoms with Crippen molar-refractivity contribution in [2.75, 3.05) is 11.5 Å². The van der Waals surface area contributed by atoms with Crippen LogP contribution in [-0.4, -0.2) is 0 Å². The molecule has 4 N–H and O–H groups in total. The van der Waals surface area contributed by atoms with E-state index in [2.05, 4.69) is 0 Å². The Morgan fingerprint density at radius 2 is 1.58 bits per heavy atom. The van der Waals surface area contributed by atoms with E-state index in [9.17, 15) is 0 Å². The molecule has 0 unspecified atom stereocenters. The second-order valence-corrected chi connectivity index (χ2v) is 4.62. The summed E-state index contributed by atoms with van der Waals surface area (Å²) in [4.78, 5) is 0. The molecule has 1 aromatic rings. The minimum absolute atomic E-state index is 0.416. The topological polar surface area (TPSA) is 52.0 Å². The monoisotopic (exact) mass is 224 g/mol. The Hall–Kier alpha value is -0.310. The van der Waals surface area contributed by atoms with Crippen LogP contribution in [0.1, 0.15) is 5.56 Å². The molecular formula is C7H7Cl3N2. The second kappa shape index (κ2) is 3.21. The highest BCUT2D eigenvalue weighted by Crippen LogP contribution is 2.39. The molecule has 0 amide bonds. The van der Waals surface area contributed by atoms with Crippen molar-refractivity contribution >= 4 is 46.2 Å². The molecule has 0 saturated heterocycles. The number of nitrogen functional groups attached to an aromatic ring is 2. The SMILES string of the molecule is Nc1ccc(C(Cl)(Cl)Cl)cc1N. The van der Waals surface area contributed by atoms with Crippen molar-refractivity contribution < 1.29 is 0 Å². The third-order valence-electron chi connectivity index (χ3n) is 1.41. The molecule has 0 aliphatic heterocycles. The van der Waals surface area contributed by atoms with Crippen molar-refractivity contribution in [3.05, 3.63) is 23.8 Å². The number of halogens is 3. The van der Waals surface area contributed by atoms with Gasteiger partial charge in [-0.2, -0.15) is 0 Å².